The zero-order chi connectivity index (χ0) is 14.8. The number of benzene rings is 1. The standard InChI is InChI=1S/C17H24BrNO/c1-13-7-9-17(10-8-13,19(2)3)16(20)12-14-5-4-6-15(18)11-14/h4-6,11,13H,7-10,12H2,1-3H3. The molecule has 20 heavy (non-hydrogen) atoms. The molecule has 1 saturated carbocycles. The van der Waals surface area contributed by atoms with E-state index in [9.17, 15) is 4.79 Å². The maximum Gasteiger partial charge on any atom is 0.157 e. The molecule has 1 aliphatic rings. The van der Waals surface area contributed by atoms with Crippen LogP contribution in [-0.4, -0.2) is 30.3 Å². The molecule has 0 spiro atoms. The summed E-state index contributed by atoms with van der Waals surface area (Å²) in [5.41, 5.74) is 0.846. The van der Waals surface area contributed by atoms with Crippen molar-refractivity contribution in [1.29, 1.82) is 0 Å². The number of likely N-dealkylation sites (N-methyl/N-ethyl adjacent to an activating group) is 1. The van der Waals surface area contributed by atoms with Gasteiger partial charge in [-0.1, -0.05) is 35.0 Å². The topological polar surface area (TPSA) is 20.3 Å². The molecular formula is C17H24BrNO. The van der Waals surface area contributed by atoms with E-state index < -0.39 is 0 Å². The van der Waals surface area contributed by atoms with Gasteiger partial charge in [0, 0.05) is 10.9 Å². The lowest BCUT2D eigenvalue weighted by atomic mass is 9.72. The molecule has 3 heteroatoms. The van der Waals surface area contributed by atoms with Crippen LogP contribution >= 0.6 is 15.9 Å². The second-order valence-electron chi connectivity index (χ2n) is 6.34. The monoisotopic (exact) mass is 337 g/mol. The van der Waals surface area contributed by atoms with Gasteiger partial charge in [-0.15, -0.1) is 0 Å². The number of hydrogen-bond donors (Lipinski definition) is 0. The summed E-state index contributed by atoms with van der Waals surface area (Å²) >= 11 is 3.48. The Hall–Kier alpha value is -0.670. The van der Waals surface area contributed by atoms with Crippen LogP contribution < -0.4 is 0 Å². The molecule has 0 N–H and O–H groups in total. The van der Waals surface area contributed by atoms with Gasteiger partial charge in [0.05, 0.1) is 5.54 Å². The van der Waals surface area contributed by atoms with Gasteiger partial charge in [0.15, 0.2) is 5.78 Å². The van der Waals surface area contributed by atoms with Gasteiger partial charge in [-0.2, -0.15) is 0 Å². The van der Waals surface area contributed by atoms with Gasteiger partial charge in [0.25, 0.3) is 0 Å². The zero-order valence-electron chi connectivity index (χ0n) is 12.7. The van der Waals surface area contributed by atoms with Gasteiger partial charge in [0.2, 0.25) is 0 Å². The Morgan fingerprint density at radius 2 is 2.00 bits per heavy atom. The van der Waals surface area contributed by atoms with E-state index in [1.807, 2.05) is 24.3 Å². The quantitative estimate of drug-likeness (QED) is 0.825. The lowest BCUT2D eigenvalue weighted by Crippen LogP contribution is -2.53. The third-order valence-corrected chi connectivity index (χ3v) is 5.22. The van der Waals surface area contributed by atoms with Crippen molar-refractivity contribution >= 4 is 21.7 Å². The number of ketones is 1. The highest BCUT2D eigenvalue weighted by molar-refractivity contribution is 9.10. The summed E-state index contributed by atoms with van der Waals surface area (Å²) in [6, 6.07) is 8.08. The zero-order valence-corrected chi connectivity index (χ0v) is 14.2. The van der Waals surface area contributed by atoms with Crippen molar-refractivity contribution in [3.63, 3.8) is 0 Å². The number of hydrogen-bond acceptors (Lipinski definition) is 2. The van der Waals surface area contributed by atoms with Crippen molar-refractivity contribution in [3.8, 4) is 0 Å². The first-order chi connectivity index (χ1) is 9.44. The molecule has 2 nitrogen and oxygen atoms in total. The average molecular weight is 338 g/mol. The summed E-state index contributed by atoms with van der Waals surface area (Å²) in [7, 11) is 4.10. The fourth-order valence-electron chi connectivity index (χ4n) is 3.21. The minimum atomic E-state index is -0.255. The van der Waals surface area contributed by atoms with Crippen molar-refractivity contribution in [2.45, 2.75) is 44.6 Å². The number of nitrogens with zero attached hydrogens (tertiary/aromatic N) is 1. The summed E-state index contributed by atoms with van der Waals surface area (Å²) in [5.74, 6) is 1.12. The van der Waals surface area contributed by atoms with E-state index in [0.717, 1.165) is 41.6 Å². The van der Waals surface area contributed by atoms with E-state index >= 15 is 0 Å². The van der Waals surface area contributed by atoms with Crippen LogP contribution in [0.3, 0.4) is 0 Å². The van der Waals surface area contributed by atoms with E-state index in [2.05, 4.69) is 41.8 Å². The van der Waals surface area contributed by atoms with E-state index in [-0.39, 0.29) is 5.54 Å². The van der Waals surface area contributed by atoms with E-state index in [0.29, 0.717) is 12.2 Å². The molecular weight excluding hydrogens is 314 g/mol. The molecule has 110 valence electrons. The highest BCUT2D eigenvalue weighted by Crippen LogP contribution is 2.36. The molecule has 0 bridgehead atoms. The fraction of sp³-hybridized carbons (Fsp3) is 0.588. The first kappa shape index (κ1) is 15.7. The molecule has 0 aliphatic heterocycles. The van der Waals surface area contributed by atoms with Gasteiger partial charge in [-0.25, -0.2) is 0 Å². The first-order valence-corrected chi connectivity index (χ1v) is 8.18. The lowest BCUT2D eigenvalue weighted by Gasteiger charge is -2.43. The van der Waals surface area contributed by atoms with Crippen LogP contribution in [0.4, 0.5) is 0 Å². The van der Waals surface area contributed by atoms with Crippen LogP contribution in [0.15, 0.2) is 28.7 Å². The molecule has 1 fully saturated rings. The Morgan fingerprint density at radius 1 is 1.35 bits per heavy atom. The lowest BCUT2D eigenvalue weighted by molar-refractivity contribution is -0.131. The second kappa shape index (κ2) is 6.40. The van der Waals surface area contributed by atoms with Crippen molar-refractivity contribution < 1.29 is 4.79 Å². The van der Waals surface area contributed by atoms with Gasteiger partial charge < -0.3 is 0 Å². The predicted octanol–water partition coefficient (Wildman–Crippen LogP) is 4.07. The van der Waals surface area contributed by atoms with Crippen molar-refractivity contribution in [1.82, 2.24) is 4.90 Å². The summed E-state index contributed by atoms with van der Waals surface area (Å²) in [6.07, 6.45) is 4.83. The molecule has 0 unspecified atom stereocenters. The smallest absolute Gasteiger partial charge is 0.157 e. The van der Waals surface area contributed by atoms with Gasteiger partial charge >= 0.3 is 0 Å². The number of carbonyl (C=O) groups excluding carboxylic acids is 1. The third kappa shape index (κ3) is 3.32. The molecule has 2 rings (SSSR count). The number of halogens is 1. The van der Waals surface area contributed by atoms with Crippen molar-refractivity contribution in [2.24, 2.45) is 5.92 Å². The normalized spacial score (nSPS) is 26.8. The van der Waals surface area contributed by atoms with E-state index in [1.54, 1.807) is 0 Å². The van der Waals surface area contributed by atoms with Crippen LogP contribution in [0.2, 0.25) is 0 Å². The van der Waals surface area contributed by atoms with Gasteiger partial charge in [-0.05, 0) is 63.4 Å². The van der Waals surface area contributed by atoms with Gasteiger partial charge in [0.1, 0.15) is 0 Å². The summed E-state index contributed by atoms with van der Waals surface area (Å²) in [5, 5.41) is 0. The highest BCUT2D eigenvalue weighted by atomic mass is 79.9. The summed E-state index contributed by atoms with van der Waals surface area (Å²) < 4.78 is 1.04. The number of carbonyl (C=O) groups is 1. The largest absolute Gasteiger partial charge is 0.297 e. The third-order valence-electron chi connectivity index (χ3n) is 4.73. The number of rotatable bonds is 4. The van der Waals surface area contributed by atoms with Gasteiger partial charge in [-0.3, -0.25) is 9.69 Å². The average Bonchev–Trinajstić information content (AvgIpc) is 2.39. The van der Waals surface area contributed by atoms with Crippen molar-refractivity contribution in [2.75, 3.05) is 14.1 Å². The molecule has 0 atom stereocenters. The Morgan fingerprint density at radius 3 is 2.55 bits per heavy atom. The minimum absolute atomic E-state index is 0.255. The predicted molar refractivity (Wildman–Crippen MR) is 86.9 cm³/mol. The fourth-order valence-corrected chi connectivity index (χ4v) is 3.66. The Balaban J connectivity index is 2.16. The molecule has 1 aromatic carbocycles. The maximum absolute atomic E-state index is 12.9. The Kier molecular flexibility index (Phi) is 5.03. The molecule has 0 radical (unpaired) electrons. The summed E-state index contributed by atoms with van der Waals surface area (Å²) in [4.78, 5) is 15.0. The second-order valence-corrected chi connectivity index (χ2v) is 7.25. The molecule has 0 heterocycles. The molecule has 1 aliphatic carbocycles. The summed E-state index contributed by atoms with van der Waals surface area (Å²) in [6.45, 7) is 2.29. The highest BCUT2D eigenvalue weighted by Gasteiger charge is 2.42. The van der Waals surface area contributed by atoms with Crippen LogP contribution in [0.1, 0.15) is 38.2 Å². The first-order valence-electron chi connectivity index (χ1n) is 7.39. The maximum atomic E-state index is 12.9. The molecule has 0 aromatic heterocycles. The van der Waals surface area contributed by atoms with Crippen LogP contribution in [0.25, 0.3) is 0 Å². The van der Waals surface area contributed by atoms with Crippen LogP contribution in [-0.2, 0) is 11.2 Å². The SMILES string of the molecule is CC1CCC(C(=O)Cc2cccc(Br)c2)(N(C)C)CC1. The minimum Gasteiger partial charge on any atom is -0.297 e. The molecule has 1 aromatic rings. The van der Waals surface area contributed by atoms with Crippen LogP contribution in [0.5, 0.6) is 0 Å². The molecule has 0 saturated heterocycles. The van der Waals surface area contributed by atoms with E-state index in [4.69, 9.17) is 0 Å². The molecule has 0 amide bonds. The Bertz CT molecular complexity index is 476. The Labute approximate surface area is 130 Å². The van der Waals surface area contributed by atoms with Crippen LogP contribution in [0, 0.1) is 5.92 Å². The van der Waals surface area contributed by atoms with Crippen molar-refractivity contribution in [3.05, 3.63) is 34.3 Å². The number of Topliss-reactive ketones (excluding diaryl/α,β-unsaturated/α-hetero) is 1. The van der Waals surface area contributed by atoms with E-state index in [1.165, 1.54) is 0 Å².